The molecule has 0 fully saturated rings. The average Bonchev–Trinajstić information content (AvgIpc) is 2.69. The molecule has 2 rings (SSSR count). The van der Waals surface area contributed by atoms with E-state index in [-0.39, 0.29) is 5.56 Å². The topological polar surface area (TPSA) is 57.8 Å². The molecule has 110 valence electrons. The van der Waals surface area contributed by atoms with E-state index in [1.807, 2.05) is 25.6 Å². The number of thioether (sulfide) groups is 1. The van der Waals surface area contributed by atoms with Gasteiger partial charge in [-0.25, -0.2) is 4.98 Å². The molecule has 2 aromatic rings. The van der Waals surface area contributed by atoms with Crippen LogP contribution in [-0.4, -0.2) is 27.5 Å². The van der Waals surface area contributed by atoms with Crippen LogP contribution in [0.25, 0.3) is 10.2 Å². The molecule has 0 radical (unpaired) electrons. The van der Waals surface area contributed by atoms with Gasteiger partial charge in [0.2, 0.25) is 0 Å². The maximum atomic E-state index is 12.1. The van der Waals surface area contributed by atoms with Crippen LogP contribution in [0.1, 0.15) is 30.1 Å². The number of nitrogens with zero attached hydrogens (tertiary/aromatic N) is 1. The smallest absolute Gasteiger partial charge is 0.259 e. The molecule has 0 aliphatic carbocycles. The zero-order valence-electron chi connectivity index (χ0n) is 12.4. The monoisotopic (exact) mass is 311 g/mol. The molecule has 0 saturated heterocycles. The van der Waals surface area contributed by atoms with Crippen molar-refractivity contribution < 1.29 is 0 Å². The van der Waals surface area contributed by atoms with E-state index in [0.717, 1.165) is 38.0 Å². The van der Waals surface area contributed by atoms with Gasteiger partial charge >= 0.3 is 0 Å². The number of aryl methyl sites for hydroxylation is 2. The van der Waals surface area contributed by atoms with E-state index < -0.39 is 0 Å². The van der Waals surface area contributed by atoms with Crippen LogP contribution in [-0.2, 0) is 6.54 Å². The Labute approximate surface area is 127 Å². The molecule has 1 unspecified atom stereocenters. The normalized spacial score (nSPS) is 13.0. The van der Waals surface area contributed by atoms with Gasteiger partial charge in [0, 0.05) is 16.7 Å². The lowest BCUT2D eigenvalue weighted by Crippen LogP contribution is -2.29. The van der Waals surface area contributed by atoms with E-state index >= 15 is 0 Å². The Balaban J connectivity index is 2.14. The minimum absolute atomic E-state index is 0.0239. The second-order valence-electron chi connectivity index (χ2n) is 4.92. The van der Waals surface area contributed by atoms with Crippen LogP contribution in [0.5, 0.6) is 0 Å². The minimum Gasteiger partial charge on any atom is -0.309 e. The average molecular weight is 311 g/mol. The van der Waals surface area contributed by atoms with Gasteiger partial charge in [-0.15, -0.1) is 11.3 Å². The van der Waals surface area contributed by atoms with Gasteiger partial charge in [0.05, 0.1) is 11.9 Å². The van der Waals surface area contributed by atoms with Crippen LogP contribution in [0.3, 0.4) is 0 Å². The third-order valence-corrected chi connectivity index (χ3v) is 5.52. The zero-order valence-corrected chi connectivity index (χ0v) is 14.0. The number of thiophene rings is 1. The molecule has 20 heavy (non-hydrogen) atoms. The summed E-state index contributed by atoms with van der Waals surface area (Å²) in [4.78, 5) is 21.6. The van der Waals surface area contributed by atoms with Gasteiger partial charge in [-0.3, -0.25) is 4.79 Å². The fourth-order valence-electron chi connectivity index (χ4n) is 2.01. The Morgan fingerprint density at radius 3 is 2.90 bits per heavy atom. The van der Waals surface area contributed by atoms with E-state index in [1.165, 1.54) is 0 Å². The lowest BCUT2D eigenvalue weighted by Gasteiger charge is -2.12. The summed E-state index contributed by atoms with van der Waals surface area (Å²) in [6.45, 7) is 8.92. The van der Waals surface area contributed by atoms with Crippen LogP contribution in [0.15, 0.2) is 4.79 Å². The highest BCUT2D eigenvalue weighted by molar-refractivity contribution is 7.99. The summed E-state index contributed by atoms with van der Waals surface area (Å²) in [5.74, 6) is 2.91. The first-order chi connectivity index (χ1) is 9.52. The maximum absolute atomic E-state index is 12.1. The number of aromatic nitrogens is 2. The number of nitrogens with one attached hydrogen (secondary N) is 2. The molecule has 0 aromatic carbocycles. The molecule has 2 N–H and O–H groups in total. The van der Waals surface area contributed by atoms with E-state index in [9.17, 15) is 4.79 Å². The second-order valence-corrected chi connectivity index (χ2v) is 7.44. The number of hydrogen-bond donors (Lipinski definition) is 2. The van der Waals surface area contributed by atoms with Gasteiger partial charge in [-0.05, 0) is 32.1 Å². The van der Waals surface area contributed by atoms with Gasteiger partial charge in [-0.1, -0.05) is 6.92 Å². The van der Waals surface area contributed by atoms with Crippen molar-refractivity contribution in [3.05, 3.63) is 26.6 Å². The van der Waals surface area contributed by atoms with Crippen LogP contribution in [0.2, 0.25) is 0 Å². The fraction of sp³-hybridized carbons (Fsp3) is 0.571. The van der Waals surface area contributed by atoms with Gasteiger partial charge in [-0.2, -0.15) is 11.8 Å². The maximum Gasteiger partial charge on any atom is 0.259 e. The summed E-state index contributed by atoms with van der Waals surface area (Å²) >= 11 is 3.50. The number of H-pyrrole nitrogens is 1. The Bertz CT molecular complexity index is 648. The molecule has 0 amide bonds. The predicted molar refractivity (Wildman–Crippen MR) is 89.0 cm³/mol. The largest absolute Gasteiger partial charge is 0.309 e. The van der Waals surface area contributed by atoms with Gasteiger partial charge < -0.3 is 10.3 Å². The number of hydrogen-bond acceptors (Lipinski definition) is 5. The van der Waals surface area contributed by atoms with E-state index in [2.05, 4.69) is 29.1 Å². The first-order valence-electron chi connectivity index (χ1n) is 6.83. The Morgan fingerprint density at radius 1 is 1.45 bits per heavy atom. The predicted octanol–water partition coefficient (Wildman–Crippen LogP) is 2.83. The molecule has 0 saturated carbocycles. The minimum atomic E-state index is -0.0239. The third-order valence-electron chi connectivity index (χ3n) is 3.28. The highest BCUT2D eigenvalue weighted by Gasteiger charge is 2.12. The highest BCUT2D eigenvalue weighted by atomic mass is 32.2. The van der Waals surface area contributed by atoms with Gasteiger partial charge in [0.25, 0.3) is 5.56 Å². The SMILES string of the molecule is CCSCC(C)NCc1nc2sc(C)c(C)c2c(=O)[nH]1. The second kappa shape index (κ2) is 6.74. The molecule has 4 nitrogen and oxygen atoms in total. The van der Waals surface area contributed by atoms with E-state index in [1.54, 1.807) is 11.3 Å². The summed E-state index contributed by atoms with van der Waals surface area (Å²) in [5, 5.41) is 4.14. The first-order valence-corrected chi connectivity index (χ1v) is 8.80. The molecule has 0 aliphatic rings. The lowest BCUT2D eigenvalue weighted by molar-refractivity contribution is 0.579. The molecule has 6 heteroatoms. The molecule has 0 spiro atoms. The number of rotatable bonds is 6. The molecule has 2 aromatic heterocycles. The summed E-state index contributed by atoms with van der Waals surface area (Å²) in [6, 6.07) is 0.410. The summed E-state index contributed by atoms with van der Waals surface area (Å²) in [6.07, 6.45) is 0. The number of fused-ring (bicyclic) bond motifs is 1. The Morgan fingerprint density at radius 2 is 2.20 bits per heavy atom. The Kier molecular flexibility index (Phi) is 5.23. The fourth-order valence-corrected chi connectivity index (χ4v) is 3.76. The Hall–Kier alpha value is -0.850. The van der Waals surface area contributed by atoms with Gasteiger partial charge in [0.15, 0.2) is 0 Å². The molecular weight excluding hydrogens is 290 g/mol. The number of aromatic amines is 1. The van der Waals surface area contributed by atoms with Crippen molar-refractivity contribution in [1.82, 2.24) is 15.3 Å². The van der Waals surface area contributed by atoms with Crippen molar-refractivity contribution in [3.63, 3.8) is 0 Å². The van der Waals surface area contributed by atoms with Crippen molar-refractivity contribution in [2.75, 3.05) is 11.5 Å². The van der Waals surface area contributed by atoms with E-state index in [0.29, 0.717) is 12.6 Å². The highest BCUT2D eigenvalue weighted by Crippen LogP contribution is 2.25. The summed E-state index contributed by atoms with van der Waals surface area (Å²) in [5.41, 5.74) is 1.02. The third kappa shape index (κ3) is 3.42. The molecule has 0 bridgehead atoms. The standard InChI is InChI=1S/C14H21N3OS2/c1-5-19-7-8(2)15-6-11-16-13(18)12-9(3)10(4)20-14(12)17-11/h8,15H,5-7H2,1-4H3,(H,16,17,18). The van der Waals surface area contributed by atoms with Gasteiger partial charge in [0.1, 0.15) is 10.7 Å². The van der Waals surface area contributed by atoms with Crippen molar-refractivity contribution in [2.24, 2.45) is 0 Å². The molecular formula is C14H21N3OS2. The van der Waals surface area contributed by atoms with Crippen LogP contribution in [0.4, 0.5) is 0 Å². The quantitative estimate of drug-likeness (QED) is 0.861. The molecule has 0 aliphatic heterocycles. The van der Waals surface area contributed by atoms with Crippen molar-refractivity contribution in [2.45, 2.75) is 40.3 Å². The van der Waals surface area contributed by atoms with Crippen LogP contribution < -0.4 is 10.9 Å². The van der Waals surface area contributed by atoms with Crippen LogP contribution >= 0.6 is 23.1 Å². The van der Waals surface area contributed by atoms with E-state index in [4.69, 9.17) is 0 Å². The zero-order chi connectivity index (χ0) is 14.7. The summed E-state index contributed by atoms with van der Waals surface area (Å²) < 4.78 is 0. The van der Waals surface area contributed by atoms with Crippen LogP contribution in [0, 0.1) is 13.8 Å². The summed E-state index contributed by atoms with van der Waals surface area (Å²) in [7, 11) is 0. The van der Waals surface area contributed by atoms with Crippen molar-refractivity contribution >= 4 is 33.3 Å². The first kappa shape index (κ1) is 15.5. The lowest BCUT2D eigenvalue weighted by atomic mass is 10.2. The van der Waals surface area contributed by atoms with Crippen molar-refractivity contribution in [1.29, 1.82) is 0 Å². The van der Waals surface area contributed by atoms with Crippen molar-refractivity contribution in [3.8, 4) is 0 Å². The molecule has 2 heterocycles. The molecule has 1 atom stereocenters.